The van der Waals surface area contributed by atoms with Gasteiger partial charge in [0.15, 0.2) is 5.82 Å². The molecular formula is C15H19N3O. The van der Waals surface area contributed by atoms with Crippen LogP contribution in [0.15, 0.2) is 24.3 Å². The zero-order chi connectivity index (χ0) is 13.8. The standard InChI is InChI=1S/C15H19N3O/c1-5-13-10(2)14(16-3)18-15(17-13)11-7-6-8-12(9-11)19-4/h6-9H,5H2,1-4H3,(H,16,17,18). The lowest BCUT2D eigenvalue weighted by Gasteiger charge is -2.11. The summed E-state index contributed by atoms with van der Waals surface area (Å²) in [6.07, 6.45) is 0.889. The SMILES string of the molecule is CCc1nc(-c2cccc(OC)c2)nc(NC)c1C. The maximum Gasteiger partial charge on any atom is 0.161 e. The van der Waals surface area contributed by atoms with Crippen LogP contribution in [-0.4, -0.2) is 24.1 Å². The zero-order valence-corrected chi connectivity index (χ0v) is 11.8. The highest BCUT2D eigenvalue weighted by molar-refractivity contribution is 5.61. The Hall–Kier alpha value is -2.10. The summed E-state index contributed by atoms with van der Waals surface area (Å²) in [5.41, 5.74) is 3.14. The summed E-state index contributed by atoms with van der Waals surface area (Å²) >= 11 is 0. The van der Waals surface area contributed by atoms with Gasteiger partial charge in [0.2, 0.25) is 0 Å². The van der Waals surface area contributed by atoms with E-state index in [1.807, 2.05) is 38.2 Å². The Morgan fingerprint density at radius 3 is 2.68 bits per heavy atom. The van der Waals surface area contributed by atoms with Crippen molar-refractivity contribution in [1.82, 2.24) is 9.97 Å². The lowest BCUT2D eigenvalue weighted by atomic mass is 10.1. The third kappa shape index (κ3) is 2.67. The Kier molecular flexibility index (Phi) is 4.00. The number of benzene rings is 1. The zero-order valence-electron chi connectivity index (χ0n) is 11.8. The van der Waals surface area contributed by atoms with E-state index in [4.69, 9.17) is 4.74 Å². The van der Waals surface area contributed by atoms with Gasteiger partial charge in [-0.1, -0.05) is 19.1 Å². The van der Waals surface area contributed by atoms with Crippen molar-refractivity contribution < 1.29 is 4.74 Å². The molecule has 4 heteroatoms. The molecule has 0 bridgehead atoms. The Balaban J connectivity index is 2.55. The van der Waals surface area contributed by atoms with Gasteiger partial charge in [0.1, 0.15) is 11.6 Å². The Labute approximate surface area is 113 Å². The van der Waals surface area contributed by atoms with Crippen LogP contribution in [0.25, 0.3) is 11.4 Å². The van der Waals surface area contributed by atoms with Crippen LogP contribution < -0.4 is 10.1 Å². The van der Waals surface area contributed by atoms with E-state index in [1.54, 1.807) is 7.11 Å². The number of rotatable bonds is 4. The average Bonchev–Trinajstić information content (AvgIpc) is 2.47. The number of nitrogens with zero attached hydrogens (tertiary/aromatic N) is 2. The number of ether oxygens (including phenoxy) is 1. The average molecular weight is 257 g/mol. The molecule has 2 aromatic rings. The van der Waals surface area contributed by atoms with Crippen LogP contribution in [0.1, 0.15) is 18.2 Å². The van der Waals surface area contributed by atoms with Gasteiger partial charge in [-0.2, -0.15) is 0 Å². The monoisotopic (exact) mass is 257 g/mol. The van der Waals surface area contributed by atoms with E-state index < -0.39 is 0 Å². The number of aromatic nitrogens is 2. The van der Waals surface area contributed by atoms with Gasteiger partial charge in [-0.3, -0.25) is 0 Å². The van der Waals surface area contributed by atoms with Crippen LogP contribution in [-0.2, 0) is 6.42 Å². The molecule has 0 fully saturated rings. The van der Waals surface area contributed by atoms with Crippen LogP contribution in [0.4, 0.5) is 5.82 Å². The first kappa shape index (κ1) is 13.3. The van der Waals surface area contributed by atoms with Crippen molar-refractivity contribution in [2.24, 2.45) is 0 Å². The summed E-state index contributed by atoms with van der Waals surface area (Å²) in [6.45, 7) is 4.14. The molecule has 1 aromatic heterocycles. The minimum atomic E-state index is 0.728. The van der Waals surface area contributed by atoms with Gasteiger partial charge in [0, 0.05) is 23.9 Å². The van der Waals surface area contributed by atoms with Crippen LogP contribution in [0, 0.1) is 6.92 Å². The number of aryl methyl sites for hydroxylation is 1. The topological polar surface area (TPSA) is 47.0 Å². The molecule has 1 aromatic carbocycles. The second-order valence-electron chi connectivity index (χ2n) is 4.30. The van der Waals surface area contributed by atoms with Gasteiger partial charge in [-0.25, -0.2) is 9.97 Å². The quantitative estimate of drug-likeness (QED) is 0.914. The molecule has 0 spiro atoms. The second kappa shape index (κ2) is 5.69. The molecular weight excluding hydrogens is 238 g/mol. The first-order valence-corrected chi connectivity index (χ1v) is 6.39. The maximum atomic E-state index is 5.24. The highest BCUT2D eigenvalue weighted by atomic mass is 16.5. The second-order valence-corrected chi connectivity index (χ2v) is 4.30. The molecule has 1 heterocycles. The highest BCUT2D eigenvalue weighted by Crippen LogP contribution is 2.24. The van der Waals surface area contributed by atoms with Crippen molar-refractivity contribution >= 4 is 5.82 Å². The number of methoxy groups -OCH3 is 1. The predicted octanol–water partition coefficient (Wildman–Crippen LogP) is 3.06. The third-order valence-corrected chi connectivity index (χ3v) is 3.15. The third-order valence-electron chi connectivity index (χ3n) is 3.15. The summed E-state index contributed by atoms with van der Waals surface area (Å²) in [5, 5.41) is 3.13. The van der Waals surface area contributed by atoms with E-state index in [-0.39, 0.29) is 0 Å². The molecule has 0 atom stereocenters. The molecule has 0 unspecified atom stereocenters. The number of anilines is 1. The number of hydrogen-bond acceptors (Lipinski definition) is 4. The van der Waals surface area contributed by atoms with Crippen molar-refractivity contribution in [3.05, 3.63) is 35.5 Å². The molecule has 4 nitrogen and oxygen atoms in total. The Morgan fingerprint density at radius 2 is 2.05 bits per heavy atom. The van der Waals surface area contributed by atoms with Crippen LogP contribution in [0.5, 0.6) is 5.75 Å². The summed E-state index contributed by atoms with van der Waals surface area (Å²) in [4.78, 5) is 9.21. The van der Waals surface area contributed by atoms with Crippen molar-refractivity contribution in [3.8, 4) is 17.1 Å². The van der Waals surface area contributed by atoms with Crippen molar-refractivity contribution in [2.75, 3.05) is 19.5 Å². The van der Waals surface area contributed by atoms with Crippen LogP contribution in [0.2, 0.25) is 0 Å². The summed E-state index contributed by atoms with van der Waals surface area (Å²) < 4.78 is 5.24. The molecule has 0 aliphatic rings. The van der Waals surface area contributed by atoms with Gasteiger partial charge in [-0.05, 0) is 25.5 Å². The minimum Gasteiger partial charge on any atom is -0.497 e. The van der Waals surface area contributed by atoms with E-state index in [2.05, 4.69) is 22.2 Å². The van der Waals surface area contributed by atoms with Crippen molar-refractivity contribution in [3.63, 3.8) is 0 Å². The maximum absolute atomic E-state index is 5.24. The van der Waals surface area contributed by atoms with E-state index in [0.717, 1.165) is 40.6 Å². The molecule has 0 saturated carbocycles. The van der Waals surface area contributed by atoms with Crippen molar-refractivity contribution in [1.29, 1.82) is 0 Å². The van der Waals surface area contributed by atoms with Crippen LogP contribution in [0.3, 0.4) is 0 Å². The molecule has 1 N–H and O–H groups in total. The lowest BCUT2D eigenvalue weighted by Crippen LogP contribution is -2.04. The van der Waals surface area contributed by atoms with Gasteiger partial charge >= 0.3 is 0 Å². The van der Waals surface area contributed by atoms with Crippen LogP contribution >= 0.6 is 0 Å². The fourth-order valence-corrected chi connectivity index (χ4v) is 2.04. The molecule has 0 saturated heterocycles. The Morgan fingerprint density at radius 1 is 1.26 bits per heavy atom. The molecule has 19 heavy (non-hydrogen) atoms. The van der Waals surface area contributed by atoms with E-state index in [0.29, 0.717) is 0 Å². The van der Waals surface area contributed by atoms with Crippen molar-refractivity contribution in [2.45, 2.75) is 20.3 Å². The number of hydrogen-bond donors (Lipinski definition) is 1. The molecule has 0 aliphatic carbocycles. The summed E-state index contributed by atoms with van der Waals surface area (Å²) in [7, 11) is 3.54. The molecule has 100 valence electrons. The smallest absolute Gasteiger partial charge is 0.161 e. The van der Waals surface area contributed by atoms with E-state index in [1.165, 1.54) is 0 Å². The predicted molar refractivity (Wildman–Crippen MR) is 77.7 cm³/mol. The van der Waals surface area contributed by atoms with Gasteiger partial charge in [-0.15, -0.1) is 0 Å². The normalized spacial score (nSPS) is 10.3. The summed E-state index contributed by atoms with van der Waals surface area (Å²) in [6, 6.07) is 7.80. The fraction of sp³-hybridized carbons (Fsp3) is 0.333. The lowest BCUT2D eigenvalue weighted by molar-refractivity contribution is 0.415. The molecule has 0 radical (unpaired) electrons. The van der Waals surface area contributed by atoms with Gasteiger partial charge in [0.25, 0.3) is 0 Å². The first-order chi connectivity index (χ1) is 9.19. The van der Waals surface area contributed by atoms with E-state index in [9.17, 15) is 0 Å². The molecule has 0 aliphatic heterocycles. The summed E-state index contributed by atoms with van der Waals surface area (Å²) in [5.74, 6) is 2.42. The molecule has 2 rings (SSSR count). The first-order valence-electron chi connectivity index (χ1n) is 6.39. The minimum absolute atomic E-state index is 0.728. The van der Waals surface area contributed by atoms with E-state index >= 15 is 0 Å². The Bertz CT molecular complexity index is 556. The van der Waals surface area contributed by atoms with Gasteiger partial charge < -0.3 is 10.1 Å². The fourth-order valence-electron chi connectivity index (χ4n) is 2.04. The largest absolute Gasteiger partial charge is 0.497 e. The highest BCUT2D eigenvalue weighted by Gasteiger charge is 2.10. The number of nitrogens with one attached hydrogen (secondary N) is 1. The molecule has 0 amide bonds. The van der Waals surface area contributed by atoms with Gasteiger partial charge in [0.05, 0.1) is 7.11 Å².